The fourth-order valence-corrected chi connectivity index (χ4v) is 4.13. The second kappa shape index (κ2) is 9.94. The molecule has 1 aliphatic rings. The van der Waals surface area contributed by atoms with E-state index in [1.807, 2.05) is 24.3 Å². The van der Waals surface area contributed by atoms with E-state index in [2.05, 4.69) is 19.7 Å². The molecule has 26 heavy (non-hydrogen) atoms. The number of likely N-dealkylation sites (tertiary alicyclic amines) is 1. The largest absolute Gasteiger partial charge is 0.496 e. The molecule has 0 radical (unpaired) electrons. The van der Waals surface area contributed by atoms with E-state index in [4.69, 9.17) is 9.47 Å². The first-order chi connectivity index (χ1) is 12.8. The molecule has 2 heterocycles. The summed E-state index contributed by atoms with van der Waals surface area (Å²) < 4.78 is 12.9. The van der Waals surface area contributed by atoms with Crippen LogP contribution in [0, 0.1) is 0 Å². The summed E-state index contributed by atoms with van der Waals surface area (Å²) in [5.41, 5.74) is 0.986. The van der Waals surface area contributed by atoms with E-state index in [-0.39, 0.29) is 0 Å². The lowest BCUT2D eigenvalue weighted by Gasteiger charge is -2.26. The van der Waals surface area contributed by atoms with E-state index in [1.165, 1.54) is 32.4 Å². The smallest absolute Gasteiger partial charge is 0.191 e. The van der Waals surface area contributed by atoms with Gasteiger partial charge in [0, 0.05) is 26.0 Å². The minimum Gasteiger partial charge on any atom is -0.496 e. The Morgan fingerprint density at radius 1 is 1.04 bits per heavy atom. The Balaban J connectivity index is 1.83. The Bertz CT molecular complexity index is 686. The predicted molar refractivity (Wildman–Crippen MR) is 105 cm³/mol. The zero-order valence-electron chi connectivity index (χ0n) is 15.7. The molecule has 7 heteroatoms. The molecule has 3 rings (SSSR count). The molecule has 0 unspecified atom stereocenters. The summed E-state index contributed by atoms with van der Waals surface area (Å²) in [6.07, 6.45) is 3.96. The van der Waals surface area contributed by atoms with Gasteiger partial charge >= 0.3 is 0 Å². The highest BCUT2D eigenvalue weighted by Gasteiger charge is 2.18. The molecule has 142 valence electrons. The molecule has 0 aliphatic carbocycles. The number of hydrogen-bond acceptors (Lipinski definition) is 6. The van der Waals surface area contributed by atoms with E-state index in [1.54, 1.807) is 26.0 Å². The molecular formula is C19H28N4O2S. The number of thioether (sulfide) groups is 1. The van der Waals surface area contributed by atoms with Crippen molar-refractivity contribution in [3.8, 4) is 17.1 Å². The fraction of sp³-hybridized carbons (Fsp3) is 0.579. The standard InChI is InChI=1S/C19H28N4O2S/c1-24-14-15-26-19-21-20-18(16-8-4-5-9-17(16)25-2)23(19)13-12-22-10-6-3-7-11-22/h4-5,8-9H,3,6-7,10-15H2,1-2H3. The van der Waals surface area contributed by atoms with Crippen LogP contribution in [0.1, 0.15) is 19.3 Å². The molecular weight excluding hydrogens is 348 g/mol. The molecule has 0 N–H and O–H groups in total. The maximum Gasteiger partial charge on any atom is 0.191 e. The van der Waals surface area contributed by atoms with Crippen LogP contribution in [0.25, 0.3) is 11.4 Å². The zero-order chi connectivity index (χ0) is 18.2. The second-order valence-electron chi connectivity index (χ2n) is 6.40. The number of rotatable bonds is 9. The molecule has 0 bridgehead atoms. The zero-order valence-corrected chi connectivity index (χ0v) is 16.5. The average Bonchev–Trinajstić information content (AvgIpc) is 3.10. The second-order valence-corrected chi connectivity index (χ2v) is 7.46. The van der Waals surface area contributed by atoms with Gasteiger partial charge in [-0.25, -0.2) is 0 Å². The minimum atomic E-state index is 0.702. The van der Waals surface area contributed by atoms with E-state index in [0.717, 1.165) is 41.1 Å². The van der Waals surface area contributed by atoms with Crippen LogP contribution in [0.15, 0.2) is 29.4 Å². The van der Waals surface area contributed by atoms with Crippen molar-refractivity contribution in [2.24, 2.45) is 0 Å². The van der Waals surface area contributed by atoms with Gasteiger partial charge in [-0.05, 0) is 38.1 Å². The molecule has 6 nitrogen and oxygen atoms in total. The van der Waals surface area contributed by atoms with Gasteiger partial charge in [-0.3, -0.25) is 0 Å². The third kappa shape index (κ3) is 4.78. The van der Waals surface area contributed by atoms with Gasteiger partial charge in [-0.15, -0.1) is 10.2 Å². The van der Waals surface area contributed by atoms with Gasteiger partial charge < -0.3 is 18.9 Å². The highest BCUT2D eigenvalue weighted by atomic mass is 32.2. The molecule has 0 atom stereocenters. The lowest BCUT2D eigenvalue weighted by atomic mass is 10.1. The third-order valence-corrected chi connectivity index (χ3v) is 5.60. The summed E-state index contributed by atoms with van der Waals surface area (Å²) in [5, 5.41) is 9.88. The number of para-hydroxylation sites is 1. The lowest BCUT2D eigenvalue weighted by Crippen LogP contribution is -2.32. The molecule has 1 aromatic carbocycles. The number of aromatic nitrogens is 3. The average molecular weight is 377 g/mol. The molecule has 0 spiro atoms. The van der Waals surface area contributed by atoms with Gasteiger partial charge in [0.15, 0.2) is 11.0 Å². The van der Waals surface area contributed by atoms with E-state index in [9.17, 15) is 0 Å². The summed E-state index contributed by atoms with van der Waals surface area (Å²) >= 11 is 1.69. The molecule has 0 amide bonds. The Hall–Kier alpha value is -1.57. The molecule has 2 aromatic rings. The topological polar surface area (TPSA) is 52.4 Å². The van der Waals surface area contributed by atoms with Gasteiger partial charge in [0.1, 0.15) is 5.75 Å². The maximum atomic E-state index is 5.54. The van der Waals surface area contributed by atoms with Crippen LogP contribution in [0.4, 0.5) is 0 Å². The Kier molecular flexibility index (Phi) is 7.34. The molecule has 1 aromatic heterocycles. The van der Waals surface area contributed by atoms with Crippen molar-refractivity contribution in [3.05, 3.63) is 24.3 Å². The first-order valence-electron chi connectivity index (χ1n) is 9.24. The normalized spacial score (nSPS) is 15.3. The van der Waals surface area contributed by atoms with Crippen molar-refractivity contribution in [2.75, 3.05) is 46.2 Å². The summed E-state index contributed by atoms with van der Waals surface area (Å²) in [7, 11) is 3.42. The van der Waals surface area contributed by atoms with Crippen molar-refractivity contribution in [3.63, 3.8) is 0 Å². The van der Waals surface area contributed by atoms with E-state index in [0.29, 0.717) is 6.61 Å². The van der Waals surface area contributed by atoms with Gasteiger partial charge in [0.05, 0.1) is 19.3 Å². The first-order valence-corrected chi connectivity index (χ1v) is 10.2. The molecule has 1 fully saturated rings. The van der Waals surface area contributed by atoms with Crippen molar-refractivity contribution in [1.29, 1.82) is 0 Å². The van der Waals surface area contributed by atoms with Crippen molar-refractivity contribution in [1.82, 2.24) is 19.7 Å². The number of methoxy groups -OCH3 is 2. The maximum absolute atomic E-state index is 5.54. The van der Waals surface area contributed by atoms with Crippen molar-refractivity contribution >= 4 is 11.8 Å². The SMILES string of the molecule is COCCSc1nnc(-c2ccccc2OC)n1CCN1CCCCC1. The predicted octanol–water partition coefficient (Wildman–Crippen LogP) is 3.18. The number of benzene rings is 1. The van der Waals surface area contributed by atoms with Crippen LogP contribution in [-0.2, 0) is 11.3 Å². The Morgan fingerprint density at radius 2 is 1.85 bits per heavy atom. The van der Waals surface area contributed by atoms with Gasteiger partial charge in [0.2, 0.25) is 0 Å². The highest BCUT2D eigenvalue weighted by Crippen LogP contribution is 2.31. The van der Waals surface area contributed by atoms with Crippen LogP contribution >= 0.6 is 11.8 Å². The number of nitrogens with zero attached hydrogens (tertiary/aromatic N) is 4. The van der Waals surface area contributed by atoms with E-state index < -0.39 is 0 Å². The van der Waals surface area contributed by atoms with Crippen LogP contribution in [0.3, 0.4) is 0 Å². The Labute approximate surface area is 159 Å². The number of ether oxygens (including phenoxy) is 2. The van der Waals surface area contributed by atoms with Crippen LogP contribution in [0.2, 0.25) is 0 Å². The molecule has 0 saturated carbocycles. The first kappa shape index (κ1) is 19.2. The van der Waals surface area contributed by atoms with Crippen LogP contribution in [0.5, 0.6) is 5.75 Å². The molecule has 1 aliphatic heterocycles. The minimum absolute atomic E-state index is 0.702. The fourth-order valence-electron chi connectivity index (χ4n) is 3.27. The van der Waals surface area contributed by atoms with E-state index >= 15 is 0 Å². The summed E-state index contributed by atoms with van der Waals surface area (Å²) in [4.78, 5) is 2.54. The third-order valence-electron chi connectivity index (χ3n) is 4.67. The Morgan fingerprint density at radius 3 is 2.62 bits per heavy atom. The lowest BCUT2D eigenvalue weighted by molar-refractivity contribution is 0.217. The summed E-state index contributed by atoms with van der Waals surface area (Å²) in [6.45, 7) is 5.00. The monoisotopic (exact) mass is 376 g/mol. The summed E-state index contributed by atoms with van der Waals surface area (Å²) in [6, 6.07) is 8.00. The van der Waals surface area contributed by atoms with Gasteiger partial charge in [-0.2, -0.15) is 0 Å². The molecule has 1 saturated heterocycles. The number of piperidine rings is 1. The van der Waals surface area contributed by atoms with Gasteiger partial charge in [-0.1, -0.05) is 30.3 Å². The quantitative estimate of drug-likeness (QED) is 0.495. The van der Waals surface area contributed by atoms with Crippen molar-refractivity contribution in [2.45, 2.75) is 31.0 Å². The van der Waals surface area contributed by atoms with Gasteiger partial charge in [0.25, 0.3) is 0 Å². The highest BCUT2D eigenvalue weighted by molar-refractivity contribution is 7.99. The van der Waals surface area contributed by atoms with Crippen LogP contribution in [-0.4, -0.2) is 65.9 Å². The summed E-state index contributed by atoms with van der Waals surface area (Å²) in [5.74, 6) is 2.57. The number of hydrogen-bond donors (Lipinski definition) is 0. The van der Waals surface area contributed by atoms with Crippen molar-refractivity contribution < 1.29 is 9.47 Å². The van der Waals surface area contributed by atoms with Crippen LogP contribution < -0.4 is 4.74 Å².